The number of amides is 1. The Labute approximate surface area is 217 Å². The molecule has 5 heteroatoms. The quantitative estimate of drug-likeness (QED) is 0.287. The van der Waals surface area contributed by atoms with Gasteiger partial charge in [0.15, 0.2) is 0 Å². The average molecular weight is 497 g/mol. The maximum absolute atomic E-state index is 12.6. The highest BCUT2D eigenvalue weighted by Crippen LogP contribution is 2.75. The van der Waals surface area contributed by atoms with Crippen LogP contribution in [0.2, 0.25) is 0 Å². The third-order valence-electron chi connectivity index (χ3n) is 13.7. The Morgan fingerprint density at radius 3 is 2.39 bits per heavy atom. The molecule has 4 fully saturated rings. The molecule has 1 unspecified atom stereocenters. The van der Waals surface area contributed by atoms with Crippen molar-refractivity contribution in [1.29, 1.82) is 0 Å². The van der Waals surface area contributed by atoms with Gasteiger partial charge in [0.25, 0.3) is 0 Å². The van der Waals surface area contributed by atoms with Crippen LogP contribution in [0.3, 0.4) is 0 Å². The first-order chi connectivity index (χ1) is 16.7. The SMILES string of the molecule is C[C@H]1[C@H](C)CC[C@]2(C)CC[C@]3(C)C(=CC[C@@H]4[C@@]5(C)CC(C(N)=O)[C@H](O)[C@](C)(N=C=O)[C@@H]5CC[C@]43C)[C@H]12. The Morgan fingerprint density at radius 2 is 1.75 bits per heavy atom. The molecule has 3 N–H and O–H groups in total. The van der Waals surface area contributed by atoms with Crippen LogP contribution in [0, 0.1) is 57.2 Å². The number of isocyanates is 1. The Balaban J connectivity index is 1.63. The summed E-state index contributed by atoms with van der Waals surface area (Å²) in [6.07, 6.45) is 12.0. The second-order valence-electron chi connectivity index (χ2n) is 14.9. The van der Waals surface area contributed by atoms with Gasteiger partial charge in [-0.15, -0.1) is 0 Å². The Morgan fingerprint density at radius 1 is 1.06 bits per heavy atom. The standard InChI is InChI=1S/C31H48N2O3/c1-18-10-12-27(3)14-15-29(5)21(24(27)19(18)2)8-9-22-28(4)16-20(26(32)36)25(35)31(7,33-17-34)23(28)11-13-30(22,29)6/h8,18-20,22-25,35H,9-16H2,1-7H3,(H2,32,36)/t18-,19+,20?,22-,23-,24+,25+,27-,28-,29-,30-,31-/m1/s1. The van der Waals surface area contributed by atoms with Crippen molar-refractivity contribution >= 4 is 12.0 Å². The van der Waals surface area contributed by atoms with Crippen LogP contribution in [0.1, 0.15) is 99.8 Å². The lowest BCUT2D eigenvalue weighted by molar-refractivity contribution is -0.200. The van der Waals surface area contributed by atoms with Gasteiger partial charge in [0.1, 0.15) is 5.54 Å². The predicted molar refractivity (Wildman–Crippen MR) is 141 cm³/mol. The van der Waals surface area contributed by atoms with Crippen molar-refractivity contribution in [1.82, 2.24) is 0 Å². The minimum absolute atomic E-state index is 0.0103. The minimum atomic E-state index is -1.05. The van der Waals surface area contributed by atoms with Gasteiger partial charge in [0.05, 0.1) is 12.0 Å². The van der Waals surface area contributed by atoms with Gasteiger partial charge >= 0.3 is 0 Å². The van der Waals surface area contributed by atoms with Crippen molar-refractivity contribution < 1.29 is 14.7 Å². The number of allylic oxidation sites excluding steroid dienone is 2. The first-order valence-corrected chi connectivity index (χ1v) is 14.5. The first-order valence-electron chi connectivity index (χ1n) is 14.5. The summed E-state index contributed by atoms with van der Waals surface area (Å²) < 4.78 is 0. The molecule has 0 aromatic heterocycles. The number of primary amides is 1. The molecular formula is C31H48N2O3. The third kappa shape index (κ3) is 3.08. The van der Waals surface area contributed by atoms with E-state index in [0.717, 1.165) is 25.2 Å². The van der Waals surface area contributed by atoms with Crippen LogP contribution in [0.4, 0.5) is 0 Å². The fourth-order valence-electron chi connectivity index (χ4n) is 11.2. The molecule has 0 saturated heterocycles. The second-order valence-corrected chi connectivity index (χ2v) is 14.9. The molecule has 0 aromatic rings. The van der Waals surface area contributed by atoms with E-state index in [1.54, 1.807) is 11.7 Å². The fourth-order valence-corrected chi connectivity index (χ4v) is 11.2. The van der Waals surface area contributed by atoms with E-state index in [1.807, 2.05) is 6.92 Å². The average Bonchev–Trinajstić information content (AvgIpc) is 2.80. The number of nitrogens with zero attached hydrogens (tertiary/aromatic N) is 1. The summed E-state index contributed by atoms with van der Waals surface area (Å²) in [6, 6.07) is 0. The van der Waals surface area contributed by atoms with E-state index in [4.69, 9.17) is 5.73 Å². The highest BCUT2D eigenvalue weighted by molar-refractivity contribution is 5.78. The van der Waals surface area contributed by atoms with Gasteiger partial charge in [-0.2, -0.15) is 4.99 Å². The number of hydrogen-bond acceptors (Lipinski definition) is 4. The van der Waals surface area contributed by atoms with Crippen molar-refractivity contribution in [3.8, 4) is 0 Å². The van der Waals surface area contributed by atoms with Crippen LogP contribution in [-0.2, 0) is 9.59 Å². The smallest absolute Gasteiger partial charge is 0.235 e. The molecule has 0 radical (unpaired) electrons. The zero-order valence-corrected chi connectivity index (χ0v) is 23.6. The molecule has 5 nitrogen and oxygen atoms in total. The third-order valence-corrected chi connectivity index (χ3v) is 13.7. The summed E-state index contributed by atoms with van der Waals surface area (Å²) in [4.78, 5) is 28.4. The number of carbonyl (C=O) groups excluding carboxylic acids is 2. The zero-order valence-electron chi connectivity index (χ0n) is 23.6. The molecule has 5 rings (SSSR count). The van der Waals surface area contributed by atoms with E-state index in [2.05, 4.69) is 52.6 Å². The molecule has 0 bridgehead atoms. The van der Waals surface area contributed by atoms with Crippen molar-refractivity contribution in [2.75, 3.05) is 0 Å². The lowest BCUT2D eigenvalue weighted by Crippen LogP contribution is -2.69. The maximum Gasteiger partial charge on any atom is 0.235 e. The van der Waals surface area contributed by atoms with E-state index >= 15 is 0 Å². The van der Waals surface area contributed by atoms with Gasteiger partial charge < -0.3 is 10.8 Å². The van der Waals surface area contributed by atoms with Gasteiger partial charge in [-0.05, 0) is 110 Å². The van der Waals surface area contributed by atoms with Crippen LogP contribution < -0.4 is 5.73 Å². The van der Waals surface area contributed by atoms with E-state index in [-0.39, 0.29) is 22.2 Å². The van der Waals surface area contributed by atoms with Crippen LogP contribution in [0.5, 0.6) is 0 Å². The summed E-state index contributed by atoms with van der Waals surface area (Å²) >= 11 is 0. The van der Waals surface area contributed by atoms with Crippen molar-refractivity contribution in [3.63, 3.8) is 0 Å². The zero-order chi connectivity index (χ0) is 26.5. The van der Waals surface area contributed by atoms with E-state index in [9.17, 15) is 14.7 Å². The largest absolute Gasteiger partial charge is 0.390 e. The number of fused-ring (bicyclic) bond motifs is 7. The van der Waals surface area contributed by atoms with Crippen LogP contribution in [0.25, 0.3) is 0 Å². The molecule has 0 heterocycles. The molecular weight excluding hydrogens is 448 g/mol. The van der Waals surface area contributed by atoms with Gasteiger partial charge in [0.2, 0.25) is 12.0 Å². The lowest BCUT2D eigenvalue weighted by Gasteiger charge is -2.71. The lowest BCUT2D eigenvalue weighted by atomic mass is 9.33. The second kappa shape index (κ2) is 8.03. The maximum atomic E-state index is 12.6. The molecule has 5 aliphatic rings. The summed E-state index contributed by atoms with van der Waals surface area (Å²) in [5, 5.41) is 11.3. The topological polar surface area (TPSA) is 92.8 Å². The highest BCUT2D eigenvalue weighted by atomic mass is 16.3. The van der Waals surface area contributed by atoms with Crippen LogP contribution >= 0.6 is 0 Å². The van der Waals surface area contributed by atoms with Crippen LogP contribution in [0.15, 0.2) is 16.6 Å². The summed E-state index contributed by atoms with van der Waals surface area (Å²) in [5.41, 5.74) is 6.86. The van der Waals surface area contributed by atoms with E-state index in [1.165, 1.54) is 25.7 Å². The molecule has 0 aliphatic heterocycles. The number of aliphatic hydroxyl groups is 1. The summed E-state index contributed by atoms with van der Waals surface area (Å²) in [5.74, 6) is 1.24. The molecule has 0 spiro atoms. The van der Waals surface area contributed by atoms with Gasteiger partial charge in [-0.1, -0.05) is 53.2 Å². The highest BCUT2D eigenvalue weighted by Gasteiger charge is 2.70. The van der Waals surface area contributed by atoms with Gasteiger partial charge in [-0.25, -0.2) is 4.79 Å². The van der Waals surface area contributed by atoms with Gasteiger partial charge in [0, 0.05) is 0 Å². The normalized spacial score (nSPS) is 56.1. The Kier molecular flexibility index (Phi) is 5.83. The van der Waals surface area contributed by atoms with Crippen LogP contribution in [-0.4, -0.2) is 28.7 Å². The molecule has 200 valence electrons. The number of hydrogen-bond donors (Lipinski definition) is 2. The van der Waals surface area contributed by atoms with E-state index in [0.29, 0.717) is 29.6 Å². The minimum Gasteiger partial charge on any atom is -0.390 e. The predicted octanol–water partition coefficient (Wildman–Crippen LogP) is 5.80. The number of aliphatic imine (C=N–C) groups is 1. The molecule has 4 saturated carbocycles. The molecule has 5 aliphatic carbocycles. The Bertz CT molecular complexity index is 1030. The van der Waals surface area contributed by atoms with E-state index < -0.39 is 23.5 Å². The molecule has 36 heavy (non-hydrogen) atoms. The molecule has 1 amide bonds. The number of rotatable bonds is 2. The summed E-state index contributed by atoms with van der Waals surface area (Å²) in [6.45, 7) is 16.7. The van der Waals surface area contributed by atoms with Crippen molar-refractivity contribution in [2.45, 2.75) is 111 Å². The first kappa shape index (κ1) is 26.2. The monoisotopic (exact) mass is 496 g/mol. The number of nitrogens with two attached hydrogens (primary N) is 1. The van der Waals surface area contributed by atoms with Gasteiger partial charge in [-0.3, -0.25) is 4.79 Å². The van der Waals surface area contributed by atoms with Crippen molar-refractivity contribution in [2.24, 2.45) is 67.9 Å². The number of carbonyl (C=O) groups is 1. The fraction of sp³-hybridized carbons (Fsp3) is 0.871. The van der Waals surface area contributed by atoms with Crippen molar-refractivity contribution in [3.05, 3.63) is 11.6 Å². The Hall–Kier alpha value is -1.45. The molecule has 0 aromatic carbocycles. The summed E-state index contributed by atoms with van der Waals surface area (Å²) in [7, 11) is 0. The number of aliphatic hydroxyl groups excluding tert-OH is 1. The molecule has 12 atom stereocenters.